The predicted octanol–water partition coefficient (Wildman–Crippen LogP) is 1.99. The highest BCUT2D eigenvalue weighted by Crippen LogP contribution is 2.12. The van der Waals surface area contributed by atoms with Gasteiger partial charge in [0.2, 0.25) is 5.91 Å². The Morgan fingerprint density at radius 2 is 1.74 bits per heavy atom. The van der Waals surface area contributed by atoms with Crippen LogP contribution in [0, 0.1) is 0 Å². The van der Waals surface area contributed by atoms with Crippen molar-refractivity contribution in [3.05, 3.63) is 65.7 Å². The fourth-order valence-electron chi connectivity index (χ4n) is 2.28. The van der Waals surface area contributed by atoms with Gasteiger partial charge in [0.1, 0.15) is 0 Å². The molecule has 116 valence electrons. The van der Waals surface area contributed by atoms with E-state index in [0.29, 0.717) is 5.56 Å². The zero-order chi connectivity index (χ0) is 16.2. The highest BCUT2D eigenvalue weighted by molar-refractivity contribution is 6.04. The number of nitrogens with one attached hydrogen (secondary N) is 2. The molecule has 0 unspecified atom stereocenters. The highest BCUT2D eigenvalue weighted by atomic mass is 16.2. The minimum atomic E-state index is -0.388. The van der Waals surface area contributed by atoms with E-state index in [4.69, 9.17) is 0 Å². The molecule has 0 bridgehead atoms. The minimum Gasteiger partial charge on any atom is -0.329 e. The molecule has 1 heterocycles. The molecule has 0 aromatic heterocycles. The van der Waals surface area contributed by atoms with E-state index in [1.807, 2.05) is 30.3 Å². The second-order valence-electron chi connectivity index (χ2n) is 5.16. The monoisotopic (exact) mass is 309 g/mol. The van der Waals surface area contributed by atoms with Crippen LogP contribution in [0.3, 0.4) is 0 Å². The van der Waals surface area contributed by atoms with Crippen molar-refractivity contribution in [2.45, 2.75) is 6.54 Å². The topological polar surface area (TPSA) is 78.5 Å². The highest BCUT2D eigenvalue weighted by Gasteiger charge is 2.28. The fraction of sp³-hybridized carbons (Fsp3) is 0.118. The molecule has 1 fully saturated rings. The maximum absolute atomic E-state index is 12.1. The Kier molecular flexibility index (Phi) is 4.05. The maximum atomic E-state index is 12.1. The number of para-hydroxylation sites is 1. The molecule has 0 aliphatic carbocycles. The van der Waals surface area contributed by atoms with Crippen LogP contribution in [0.2, 0.25) is 0 Å². The van der Waals surface area contributed by atoms with E-state index in [0.717, 1.165) is 16.2 Å². The van der Waals surface area contributed by atoms with E-state index in [-0.39, 0.29) is 30.9 Å². The largest absolute Gasteiger partial charge is 0.329 e. The van der Waals surface area contributed by atoms with E-state index in [2.05, 4.69) is 10.6 Å². The number of benzene rings is 2. The van der Waals surface area contributed by atoms with Crippen molar-refractivity contribution in [3.8, 4) is 0 Å². The molecule has 1 aliphatic heterocycles. The number of anilines is 1. The van der Waals surface area contributed by atoms with Crippen LogP contribution in [0.1, 0.15) is 15.9 Å². The summed E-state index contributed by atoms with van der Waals surface area (Å²) in [6.45, 7) is 0.238. The number of rotatable bonds is 4. The third-order valence-electron chi connectivity index (χ3n) is 3.53. The molecule has 0 radical (unpaired) electrons. The number of amides is 4. The summed E-state index contributed by atoms with van der Waals surface area (Å²) in [5.41, 5.74) is 2.02. The van der Waals surface area contributed by atoms with Crippen LogP contribution in [-0.2, 0) is 11.3 Å². The Morgan fingerprint density at radius 3 is 2.35 bits per heavy atom. The number of hydrogen-bond donors (Lipinski definition) is 2. The molecule has 0 saturated carbocycles. The van der Waals surface area contributed by atoms with Gasteiger partial charge in [0, 0.05) is 11.3 Å². The van der Waals surface area contributed by atoms with Gasteiger partial charge in [-0.15, -0.1) is 0 Å². The van der Waals surface area contributed by atoms with Gasteiger partial charge in [-0.3, -0.25) is 14.5 Å². The summed E-state index contributed by atoms with van der Waals surface area (Å²) in [5, 5.41) is 5.27. The first kappa shape index (κ1) is 14.8. The van der Waals surface area contributed by atoms with Gasteiger partial charge in [-0.2, -0.15) is 0 Å². The van der Waals surface area contributed by atoms with E-state index in [9.17, 15) is 14.4 Å². The second kappa shape index (κ2) is 6.31. The molecule has 3 rings (SSSR count). The quantitative estimate of drug-likeness (QED) is 0.848. The third-order valence-corrected chi connectivity index (χ3v) is 3.53. The van der Waals surface area contributed by atoms with Crippen molar-refractivity contribution in [2.24, 2.45) is 0 Å². The minimum absolute atomic E-state index is 0.0381. The summed E-state index contributed by atoms with van der Waals surface area (Å²) >= 11 is 0. The zero-order valence-corrected chi connectivity index (χ0v) is 12.3. The molecular weight excluding hydrogens is 294 g/mol. The Hall–Kier alpha value is -3.15. The first-order valence-corrected chi connectivity index (χ1v) is 7.17. The van der Waals surface area contributed by atoms with Crippen LogP contribution < -0.4 is 10.6 Å². The van der Waals surface area contributed by atoms with Crippen molar-refractivity contribution in [1.82, 2.24) is 10.2 Å². The van der Waals surface area contributed by atoms with Gasteiger partial charge in [0.25, 0.3) is 5.91 Å². The SMILES string of the molecule is O=C(Nc1ccccc1)c1ccc(CN2C(=O)CNC2=O)cc1. The van der Waals surface area contributed by atoms with E-state index in [1.165, 1.54) is 0 Å². The molecule has 2 aromatic rings. The average Bonchev–Trinajstić information content (AvgIpc) is 2.88. The summed E-state index contributed by atoms with van der Waals surface area (Å²) in [6, 6.07) is 15.6. The fourth-order valence-corrected chi connectivity index (χ4v) is 2.28. The van der Waals surface area contributed by atoms with Gasteiger partial charge in [-0.25, -0.2) is 4.79 Å². The smallest absolute Gasteiger partial charge is 0.324 e. The Labute approximate surface area is 133 Å². The number of nitrogens with zero attached hydrogens (tertiary/aromatic N) is 1. The normalized spacial score (nSPS) is 13.8. The van der Waals surface area contributed by atoms with E-state index in [1.54, 1.807) is 24.3 Å². The summed E-state index contributed by atoms with van der Waals surface area (Å²) in [5.74, 6) is -0.460. The van der Waals surface area contributed by atoms with Gasteiger partial charge in [0.15, 0.2) is 0 Å². The number of urea groups is 1. The van der Waals surface area contributed by atoms with Crippen molar-refractivity contribution in [2.75, 3.05) is 11.9 Å². The van der Waals surface area contributed by atoms with E-state index < -0.39 is 0 Å². The first-order valence-electron chi connectivity index (χ1n) is 7.17. The van der Waals surface area contributed by atoms with Gasteiger partial charge in [-0.05, 0) is 29.8 Å². The van der Waals surface area contributed by atoms with Crippen LogP contribution in [0.15, 0.2) is 54.6 Å². The lowest BCUT2D eigenvalue weighted by Gasteiger charge is -2.12. The van der Waals surface area contributed by atoms with Gasteiger partial charge in [-0.1, -0.05) is 30.3 Å². The van der Waals surface area contributed by atoms with Crippen molar-refractivity contribution >= 4 is 23.5 Å². The summed E-state index contributed by atoms with van der Waals surface area (Å²) in [7, 11) is 0. The van der Waals surface area contributed by atoms with Crippen LogP contribution in [0.5, 0.6) is 0 Å². The third kappa shape index (κ3) is 3.37. The van der Waals surface area contributed by atoms with Gasteiger partial charge >= 0.3 is 6.03 Å². The van der Waals surface area contributed by atoms with Crippen LogP contribution in [0.25, 0.3) is 0 Å². The first-order chi connectivity index (χ1) is 11.1. The number of carbonyl (C=O) groups is 3. The molecule has 6 nitrogen and oxygen atoms in total. The number of imide groups is 1. The van der Waals surface area contributed by atoms with Crippen molar-refractivity contribution < 1.29 is 14.4 Å². The van der Waals surface area contributed by atoms with Gasteiger partial charge in [0.05, 0.1) is 13.1 Å². The molecule has 0 atom stereocenters. The molecule has 2 aromatic carbocycles. The summed E-state index contributed by atoms with van der Waals surface area (Å²) in [6.07, 6.45) is 0. The molecule has 0 spiro atoms. The molecule has 2 N–H and O–H groups in total. The second-order valence-corrected chi connectivity index (χ2v) is 5.16. The van der Waals surface area contributed by atoms with E-state index >= 15 is 0 Å². The maximum Gasteiger partial charge on any atom is 0.324 e. The Balaban J connectivity index is 1.66. The summed E-state index contributed by atoms with van der Waals surface area (Å²) in [4.78, 5) is 36.3. The Morgan fingerprint density at radius 1 is 1.04 bits per heavy atom. The molecule has 6 heteroatoms. The zero-order valence-electron chi connectivity index (χ0n) is 12.3. The van der Waals surface area contributed by atoms with Crippen LogP contribution >= 0.6 is 0 Å². The predicted molar refractivity (Wildman–Crippen MR) is 84.8 cm³/mol. The standard InChI is InChI=1S/C17H15N3O3/c21-15-10-18-17(23)20(15)11-12-6-8-13(9-7-12)16(22)19-14-4-2-1-3-5-14/h1-9H,10-11H2,(H,18,23)(H,19,22). The molecule has 1 saturated heterocycles. The number of hydrogen-bond acceptors (Lipinski definition) is 3. The van der Waals surface area contributed by atoms with Gasteiger partial charge < -0.3 is 10.6 Å². The average molecular weight is 309 g/mol. The molecule has 1 aliphatic rings. The van der Waals surface area contributed by atoms with Crippen molar-refractivity contribution in [1.29, 1.82) is 0 Å². The molecule has 4 amide bonds. The number of carbonyl (C=O) groups excluding carboxylic acids is 3. The summed E-state index contributed by atoms with van der Waals surface area (Å²) < 4.78 is 0. The van der Waals surface area contributed by atoms with Crippen molar-refractivity contribution in [3.63, 3.8) is 0 Å². The lowest BCUT2D eigenvalue weighted by molar-refractivity contribution is -0.125. The van der Waals surface area contributed by atoms with Crippen LogP contribution in [-0.4, -0.2) is 29.3 Å². The van der Waals surface area contributed by atoms with Crippen LogP contribution in [0.4, 0.5) is 10.5 Å². The molecular formula is C17H15N3O3. The molecule has 23 heavy (non-hydrogen) atoms. The lowest BCUT2D eigenvalue weighted by atomic mass is 10.1. The Bertz CT molecular complexity index is 725. The lowest BCUT2D eigenvalue weighted by Crippen LogP contribution is -2.30.